The number of nitrogen functional groups attached to an aromatic ring is 1. The molecule has 11 heteroatoms. The average molecular weight is 385 g/mol. The van der Waals surface area contributed by atoms with E-state index in [1.165, 1.54) is 18.3 Å². The van der Waals surface area contributed by atoms with Crippen molar-refractivity contribution < 1.29 is 9.76 Å². The van der Waals surface area contributed by atoms with Crippen LogP contribution in [-0.4, -0.2) is 30.6 Å². The summed E-state index contributed by atoms with van der Waals surface area (Å²) < 4.78 is 0. The van der Waals surface area contributed by atoms with Gasteiger partial charge in [-0.3, -0.25) is 15.1 Å². The van der Waals surface area contributed by atoms with Crippen molar-refractivity contribution in [1.29, 1.82) is 0 Å². The van der Waals surface area contributed by atoms with Crippen molar-refractivity contribution in [2.24, 2.45) is 5.16 Å². The lowest BCUT2D eigenvalue weighted by atomic mass is 10.3. The summed E-state index contributed by atoms with van der Waals surface area (Å²) in [7, 11) is 0. The Bertz CT molecular complexity index is 1010. The fourth-order valence-electron chi connectivity index (χ4n) is 2.32. The zero-order chi connectivity index (χ0) is 19.6. The molecule has 0 atom stereocenters. The number of hydrogen-bond acceptors (Lipinski definition) is 10. The number of oxime groups is 1. The Labute approximate surface area is 157 Å². The van der Waals surface area contributed by atoms with E-state index >= 15 is 0 Å². The third-order valence-corrected chi connectivity index (χ3v) is 4.86. The molecule has 3 heterocycles. The highest BCUT2D eigenvalue weighted by molar-refractivity contribution is 7.17. The number of nitrogens with zero attached hydrogens (tertiary/aromatic N) is 6. The van der Waals surface area contributed by atoms with Crippen LogP contribution in [0.5, 0.6) is 6.01 Å². The highest BCUT2D eigenvalue weighted by atomic mass is 32.1. The van der Waals surface area contributed by atoms with Crippen molar-refractivity contribution in [3.05, 3.63) is 50.9 Å². The number of thiazole rings is 1. The molecule has 0 aliphatic rings. The summed E-state index contributed by atoms with van der Waals surface area (Å²) in [4.78, 5) is 32.7. The Morgan fingerprint density at radius 3 is 2.70 bits per heavy atom. The molecule has 27 heavy (non-hydrogen) atoms. The van der Waals surface area contributed by atoms with Gasteiger partial charge in [-0.25, -0.2) is 4.98 Å². The molecule has 3 rings (SSSR count). The molecule has 0 aliphatic heterocycles. The number of aromatic nitrogens is 4. The number of anilines is 1. The second kappa shape index (κ2) is 7.41. The number of aryl methyl sites for hydroxylation is 2. The molecule has 0 spiro atoms. The smallest absolute Gasteiger partial charge is 0.348 e. The molecule has 0 aromatic carbocycles. The Morgan fingerprint density at radius 2 is 2.07 bits per heavy atom. The monoisotopic (exact) mass is 385 g/mol. The van der Waals surface area contributed by atoms with Crippen LogP contribution in [0.1, 0.15) is 23.2 Å². The fraction of sp³-hybridized carbons (Fsp3) is 0.188. The van der Waals surface area contributed by atoms with Gasteiger partial charge in [-0.15, -0.1) is 11.3 Å². The van der Waals surface area contributed by atoms with Crippen LogP contribution in [0.2, 0.25) is 0 Å². The third-order valence-electron chi connectivity index (χ3n) is 3.55. The quantitative estimate of drug-likeness (QED) is 0.401. The van der Waals surface area contributed by atoms with E-state index in [4.69, 9.17) is 10.6 Å². The van der Waals surface area contributed by atoms with Gasteiger partial charge < -0.3 is 10.6 Å². The predicted molar refractivity (Wildman–Crippen MR) is 101 cm³/mol. The van der Waals surface area contributed by atoms with Gasteiger partial charge in [0.2, 0.25) is 5.82 Å². The van der Waals surface area contributed by atoms with E-state index in [-0.39, 0.29) is 23.2 Å². The molecule has 0 bridgehead atoms. The summed E-state index contributed by atoms with van der Waals surface area (Å²) in [6.45, 7) is 5.08. The van der Waals surface area contributed by atoms with Crippen molar-refractivity contribution in [3.8, 4) is 16.6 Å². The van der Waals surface area contributed by atoms with Crippen molar-refractivity contribution in [3.63, 3.8) is 0 Å². The molecular weight excluding hydrogens is 370 g/mol. The van der Waals surface area contributed by atoms with Crippen LogP contribution in [0.15, 0.2) is 29.7 Å². The molecule has 0 radical (unpaired) electrons. The third kappa shape index (κ3) is 3.87. The molecule has 3 aromatic heterocycles. The molecule has 138 valence electrons. The first kappa shape index (κ1) is 18.3. The lowest BCUT2D eigenvalue weighted by Crippen LogP contribution is -2.06. The Kier molecular flexibility index (Phi) is 5.03. The Hall–Kier alpha value is -3.47. The summed E-state index contributed by atoms with van der Waals surface area (Å²) >= 11 is 1.45. The van der Waals surface area contributed by atoms with Crippen molar-refractivity contribution in [2.75, 3.05) is 5.73 Å². The Morgan fingerprint density at radius 1 is 1.30 bits per heavy atom. The van der Waals surface area contributed by atoms with Crippen LogP contribution in [0.25, 0.3) is 10.6 Å². The molecule has 2 N–H and O–H groups in total. The summed E-state index contributed by atoms with van der Waals surface area (Å²) in [5, 5.41) is 15.8. The number of nitrogens with two attached hydrogens (primary N) is 1. The van der Waals surface area contributed by atoms with E-state index < -0.39 is 4.92 Å². The summed E-state index contributed by atoms with van der Waals surface area (Å²) in [6, 6.07) is 3.60. The molecule has 0 unspecified atom stereocenters. The van der Waals surface area contributed by atoms with Gasteiger partial charge in [-0.2, -0.15) is 9.97 Å². The minimum atomic E-state index is -0.635. The maximum absolute atomic E-state index is 10.9. The molecular formula is C16H15N7O3S. The minimum Gasteiger partial charge on any atom is -0.378 e. The summed E-state index contributed by atoms with van der Waals surface area (Å²) in [6.07, 6.45) is 3.44. The highest BCUT2D eigenvalue weighted by Crippen LogP contribution is 2.28. The van der Waals surface area contributed by atoms with E-state index in [2.05, 4.69) is 25.1 Å². The fourth-order valence-corrected chi connectivity index (χ4v) is 3.32. The van der Waals surface area contributed by atoms with Crippen LogP contribution in [0, 0.1) is 24.0 Å². The van der Waals surface area contributed by atoms with Gasteiger partial charge in [-0.1, -0.05) is 5.16 Å². The minimum absolute atomic E-state index is 0.100. The first-order chi connectivity index (χ1) is 12.9. The van der Waals surface area contributed by atoms with E-state index in [1.807, 2.05) is 19.1 Å². The molecule has 3 aromatic rings. The largest absolute Gasteiger partial charge is 0.378 e. The van der Waals surface area contributed by atoms with Crippen LogP contribution in [-0.2, 0) is 0 Å². The van der Waals surface area contributed by atoms with Gasteiger partial charge in [0.05, 0.1) is 21.2 Å². The van der Waals surface area contributed by atoms with Crippen molar-refractivity contribution in [2.45, 2.75) is 20.8 Å². The van der Waals surface area contributed by atoms with Crippen LogP contribution < -0.4 is 10.6 Å². The molecule has 0 aliphatic carbocycles. The average Bonchev–Trinajstić information content (AvgIpc) is 3.01. The molecule has 0 saturated carbocycles. The summed E-state index contributed by atoms with van der Waals surface area (Å²) in [5.41, 5.74) is 7.63. The first-order valence-corrected chi connectivity index (χ1v) is 8.56. The topological polar surface area (TPSA) is 142 Å². The van der Waals surface area contributed by atoms with E-state index in [1.54, 1.807) is 19.3 Å². The zero-order valence-corrected chi connectivity index (χ0v) is 15.5. The first-order valence-electron chi connectivity index (χ1n) is 7.75. The van der Waals surface area contributed by atoms with Crippen LogP contribution >= 0.6 is 11.3 Å². The van der Waals surface area contributed by atoms with Gasteiger partial charge in [0.25, 0.3) is 0 Å². The molecule has 0 saturated heterocycles. The van der Waals surface area contributed by atoms with Gasteiger partial charge in [0, 0.05) is 18.0 Å². The van der Waals surface area contributed by atoms with E-state index in [0.717, 1.165) is 21.1 Å². The highest BCUT2D eigenvalue weighted by Gasteiger charge is 2.20. The van der Waals surface area contributed by atoms with Gasteiger partial charge in [0.1, 0.15) is 10.7 Å². The second-order valence-electron chi connectivity index (χ2n) is 5.53. The molecule has 10 nitrogen and oxygen atoms in total. The van der Waals surface area contributed by atoms with Crippen LogP contribution in [0.4, 0.5) is 11.5 Å². The number of hydrogen-bond donors (Lipinski definition) is 1. The number of pyridine rings is 1. The van der Waals surface area contributed by atoms with Crippen LogP contribution in [0.3, 0.4) is 0 Å². The SMILES string of the molecule is CC(=NOc1nc(C)c([N+](=O)[O-])c(N)n1)c1sc(-c2cccnc2)nc1C. The maximum Gasteiger partial charge on any atom is 0.348 e. The summed E-state index contributed by atoms with van der Waals surface area (Å²) in [5.74, 6) is -0.275. The number of nitro groups is 1. The lowest BCUT2D eigenvalue weighted by molar-refractivity contribution is -0.385. The molecule has 0 fully saturated rings. The zero-order valence-electron chi connectivity index (χ0n) is 14.7. The van der Waals surface area contributed by atoms with Gasteiger partial charge in [-0.05, 0) is 32.9 Å². The van der Waals surface area contributed by atoms with Gasteiger partial charge >= 0.3 is 11.7 Å². The molecule has 0 amide bonds. The second-order valence-corrected chi connectivity index (χ2v) is 6.52. The standard InChI is InChI=1S/C16H15N7O3S/c1-8-12(23(24)25)14(17)21-16(20-8)26-22-10(3)13-9(2)19-15(27-13)11-5-4-6-18-7-11/h4-7H,1-3H3,(H2,17,20,21). The van der Waals surface area contributed by atoms with E-state index in [0.29, 0.717) is 5.71 Å². The maximum atomic E-state index is 10.9. The van der Waals surface area contributed by atoms with Crippen molar-refractivity contribution in [1.82, 2.24) is 19.9 Å². The number of rotatable bonds is 5. The lowest BCUT2D eigenvalue weighted by Gasteiger charge is -2.03. The van der Waals surface area contributed by atoms with Gasteiger partial charge in [0.15, 0.2) is 0 Å². The Balaban J connectivity index is 1.85. The van der Waals surface area contributed by atoms with Crippen molar-refractivity contribution >= 4 is 28.6 Å². The normalized spacial score (nSPS) is 11.4. The predicted octanol–water partition coefficient (Wildman–Crippen LogP) is 2.91. The van der Waals surface area contributed by atoms with E-state index in [9.17, 15) is 10.1 Å².